The highest BCUT2D eigenvalue weighted by Crippen LogP contribution is 2.25. The summed E-state index contributed by atoms with van der Waals surface area (Å²) in [6.07, 6.45) is 1.89. The van der Waals surface area contributed by atoms with Crippen molar-refractivity contribution in [2.45, 2.75) is 5.22 Å². The van der Waals surface area contributed by atoms with E-state index >= 15 is 0 Å². The first-order valence-corrected chi connectivity index (χ1v) is 9.90. The number of piperazine rings is 1. The van der Waals surface area contributed by atoms with Crippen molar-refractivity contribution in [3.8, 4) is 11.5 Å². The molecule has 1 saturated heterocycles. The van der Waals surface area contributed by atoms with Crippen LogP contribution in [0.25, 0.3) is 11.5 Å². The van der Waals surface area contributed by atoms with E-state index in [4.69, 9.17) is 4.42 Å². The molecule has 0 bridgehead atoms. The molecule has 0 radical (unpaired) electrons. The molecule has 3 heterocycles. The van der Waals surface area contributed by atoms with Crippen molar-refractivity contribution in [2.75, 3.05) is 36.8 Å². The van der Waals surface area contributed by atoms with E-state index in [-0.39, 0.29) is 28.3 Å². The van der Waals surface area contributed by atoms with Gasteiger partial charge in [0.1, 0.15) is 18.9 Å². The molecule has 4 rings (SSSR count). The van der Waals surface area contributed by atoms with E-state index in [1.54, 1.807) is 18.2 Å². The summed E-state index contributed by atoms with van der Waals surface area (Å²) >= 11 is 1.17. The third kappa shape index (κ3) is 4.14. The maximum atomic E-state index is 13.8. The SMILES string of the molecule is O=C(CSc1nnc(-c2ccccc2F)o1)N1CCN(c2cccc[nH+]2)CC1. The van der Waals surface area contributed by atoms with E-state index < -0.39 is 5.82 Å². The van der Waals surface area contributed by atoms with E-state index in [1.807, 2.05) is 29.3 Å². The number of amides is 1. The lowest BCUT2D eigenvalue weighted by Gasteiger charge is -2.30. The van der Waals surface area contributed by atoms with Crippen LogP contribution in [0, 0.1) is 5.82 Å². The summed E-state index contributed by atoms with van der Waals surface area (Å²) in [4.78, 5) is 19.7. The number of thioether (sulfide) groups is 1. The highest BCUT2D eigenvalue weighted by atomic mass is 32.2. The molecule has 0 unspecified atom stereocenters. The van der Waals surface area contributed by atoms with Crippen LogP contribution >= 0.6 is 11.8 Å². The van der Waals surface area contributed by atoms with Gasteiger partial charge in [-0.3, -0.25) is 9.69 Å². The monoisotopic (exact) mass is 400 g/mol. The van der Waals surface area contributed by atoms with Crippen LogP contribution < -0.4 is 9.88 Å². The Balaban J connectivity index is 1.29. The van der Waals surface area contributed by atoms with Crippen molar-refractivity contribution in [1.82, 2.24) is 15.1 Å². The standard InChI is InChI=1S/C19H18FN5O2S/c20-15-6-2-1-5-14(15)18-22-23-19(27-18)28-13-17(26)25-11-9-24(10-12-25)16-7-3-4-8-21-16/h1-8H,9-13H2/p+1. The van der Waals surface area contributed by atoms with E-state index in [1.165, 1.54) is 17.8 Å². The van der Waals surface area contributed by atoms with Crippen molar-refractivity contribution in [3.05, 3.63) is 54.5 Å². The first-order valence-electron chi connectivity index (χ1n) is 8.91. The van der Waals surface area contributed by atoms with Gasteiger partial charge < -0.3 is 9.32 Å². The molecule has 1 N–H and O–H groups in total. The fraction of sp³-hybridized carbons (Fsp3) is 0.263. The summed E-state index contributed by atoms with van der Waals surface area (Å²) in [6.45, 7) is 2.86. The lowest BCUT2D eigenvalue weighted by molar-refractivity contribution is -0.364. The summed E-state index contributed by atoms with van der Waals surface area (Å²) in [6, 6.07) is 12.2. The molecule has 1 amide bonds. The highest BCUT2D eigenvalue weighted by molar-refractivity contribution is 7.99. The number of benzene rings is 1. The van der Waals surface area contributed by atoms with Gasteiger partial charge in [-0.25, -0.2) is 9.37 Å². The quantitative estimate of drug-likeness (QED) is 0.611. The van der Waals surface area contributed by atoms with E-state index in [9.17, 15) is 9.18 Å². The first kappa shape index (κ1) is 18.4. The number of carbonyl (C=O) groups is 1. The molecule has 9 heteroatoms. The molecule has 3 aromatic rings. The van der Waals surface area contributed by atoms with Crippen molar-refractivity contribution < 1.29 is 18.6 Å². The van der Waals surface area contributed by atoms with E-state index in [0.717, 1.165) is 18.9 Å². The van der Waals surface area contributed by atoms with Gasteiger partial charge in [-0.05, 0) is 18.2 Å². The fourth-order valence-corrected chi connectivity index (χ4v) is 3.67. The smallest absolute Gasteiger partial charge is 0.277 e. The van der Waals surface area contributed by atoms with Crippen LogP contribution in [0.3, 0.4) is 0 Å². The van der Waals surface area contributed by atoms with Crippen LogP contribution in [0.15, 0.2) is 58.3 Å². The average molecular weight is 400 g/mol. The van der Waals surface area contributed by atoms with Gasteiger partial charge in [0.2, 0.25) is 5.91 Å². The number of nitrogens with zero attached hydrogens (tertiary/aromatic N) is 4. The Morgan fingerprint density at radius 3 is 2.64 bits per heavy atom. The van der Waals surface area contributed by atoms with Crippen molar-refractivity contribution >= 4 is 23.5 Å². The second-order valence-electron chi connectivity index (χ2n) is 6.26. The predicted octanol–water partition coefficient (Wildman–Crippen LogP) is 2.13. The summed E-state index contributed by atoms with van der Waals surface area (Å²) in [7, 11) is 0. The minimum atomic E-state index is -0.424. The number of anilines is 1. The number of pyridine rings is 1. The number of nitrogens with one attached hydrogen (secondary N) is 1. The Hall–Kier alpha value is -2.94. The highest BCUT2D eigenvalue weighted by Gasteiger charge is 2.26. The Morgan fingerprint density at radius 2 is 1.89 bits per heavy atom. The number of rotatable bonds is 5. The normalized spacial score (nSPS) is 14.3. The molecule has 144 valence electrons. The molecule has 0 atom stereocenters. The summed E-state index contributed by atoms with van der Waals surface area (Å²) < 4.78 is 19.3. The molecule has 1 aliphatic rings. The summed E-state index contributed by atoms with van der Waals surface area (Å²) in [5.41, 5.74) is 0.252. The third-order valence-electron chi connectivity index (χ3n) is 4.50. The van der Waals surface area contributed by atoms with Crippen LogP contribution in [0.2, 0.25) is 0 Å². The Morgan fingerprint density at radius 1 is 1.11 bits per heavy atom. The van der Waals surface area contributed by atoms with Crippen molar-refractivity contribution in [1.29, 1.82) is 0 Å². The Bertz CT molecular complexity index is 944. The second-order valence-corrected chi connectivity index (χ2v) is 7.18. The predicted molar refractivity (Wildman–Crippen MR) is 102 cm³/mol. The van der Waals surface area contributed by atoms with Crippen LogP contribution in [-0.2, 0) is 4.79 Å². The maximum Gasteiger partial charge on any atom is 0.277 e. The average Bonchev–Trinajstić information content (AvgIpc) is 3.22. The molecular weight excluding hydrogens is 381 g/mol. The molecule has 1 fully saturated rings. The topological polar surface area (TPSA) is 76.6 Å². The molecule has 7 nitrogen and oxygen atoms in total. The minimum Gasteiger partial charge on any atom is -0.411 e. The number of hydrogen-bond acceptors (Lipinski definition) is 6. The zero-order valence-corrected chi connectivity index (χ0v) is 15.9. The number of H-pyrrole nitrogens is 1. The van der Waals surface area contributed by atoms with Gasteiger partial charge in [0.25, 0.3) is 16.9 Å². The van der Waals surface area contributed by atoms with E-state index in [2.05, 4.69) is 20.1 Å². The number of carbonyl (C=O) groups excluding carboxylic acids is 1. The number of aromatic amines is 1. The molecule has 0 aliphatic carbocycles. The summed E-state index contributed by atoms with van der Waals surface area (Å²) in [5, 5.41) is 8.02. The Kier molecular flexibility index (Phi) is 5.52. The number of hydrogen-bond donors (Lipinski definition) is 0. The summed E-state index contributed by atoms with van der Waals surface area (Å²) in [5.74, 6) is 0.965. The van der Waals surface area contributed by atoms with Crippen molar-refractivity contribution in [2.24, 2.45) is 0 Å². The van der Waals surface area contributed by atoms with Gasteiger partial charge in [-0.15, -0.1) is 10.2 Å². The zero-order chi connectivity index (χ0) is 19.3. The van der Waals surface area contributed by atoms with Gasteiger partial charge in [0.05, 0.1) is 30.6 Å². The fourth-order valence-electron chi connectivity index (χ4n) is 3.00. The second kappa shape index (κ2) is 8.39. The van der Waals surface area contributed by atoms with Crippen LogP contribution in [-0.4, -0.2) is 52.9 Å². The van der Waals surface area contributed by atoms with Gasteiger partial charge in [0, 0.05) is 6.07 Å². The maximum absolute atomic E-state index is 13.8. The van der Waals surface area contributed by atoms with Crippen LogP contribution in [0.4, 0.5) is 10.2 Å². The van der Waals surface area contributed by atoms with Gasteiger partial charge in [-0.1, -0.05) is 30.0 Å². The first-order chi connectivity index (χ1) is 13.7. The van der Waals surface area contributed by atoms with E-state index in [0.29, 0.717) is 13.1 Å². The van der Waals surface area contributed by atoms with Crippen LogP contribution in [0.1, 0.15) is 0 Å². The molecule has 1 aliphatic heterocycles. The number of halogens is 1. The largest absolute Gasteiger partial charge is 0.411 e. The molecule has 28 heavy (non-hydrogen) atoms. The van der Waals surface area contributed by atoms with Gasteiger partial charge in [0.15, 0.2) is 0 Å². The Labute approximate surface area is 165 Å². The molecular formula is C19H19FN5O2S+. The lowest BCUT2D eigenvalue weighted by atomic mass is 10.2. The van der Waals surface area contributed by atoms with Crippen LogP contribution in [0.5, 0.6) is 0 Å². The zero-order valence-electron chi connectivity index (χ0n) is 15.0. The molecule has 1 aromatic carbocycles. The van der Waals surface area contributed by atoms with Crippen molar-refractivity contribution in [3.63, 3.8) is 0 Å². The number of aromatic nitrogens is 3. The molecule has 2 aromatic heterocycles. The lowest BCUT2D eigenvalue weighted by Crippen LogP contribution is -2.50. The third-order valence-corrected chi connectivity index (χ3v) is 5.30. The minimum absolute atomic E-state index is 0.0207. The van der Waals surface area contributed by atoms with Gasteiger partial charge in [-0.2, -0.15) is 0 Å². The molecule has 0 spiro atoms. The van der Waals surface area contributed by atoms with Gasteiger partial charge >= 0.3 is 0 Å². The molecule has 0 saturated carbocycles.